The number of benzene rings is 1. The first-order valence-electron chi connectivity index (χ1n) is 4.98. The molecule has 0 radical (unpaired) electrons. The average Bonchev–Trinajstić information content (AvgIpc) is 2.74. The summed E-state index contributed by atoms with van der Waals surface area (Å²) in [4.78, 5) is 0.911. The van der Waals surface area contributed by atoms with Crippen LogP contribution in [0.4, 0.5) is 0 Å². The molecule has 5 heteroatoms. The van der Waals surface area contributed by atoms with Gasteiger partial charge in [-0.2, -0.15) is 10.4 Å². The normalized spacial score (nSPS) is 9.94. The van der Waals surface area contributed by atoms with Crippen molar-refractivity contribution in [3.8, 4) is 17.6 Å². The van der Waals surface area contributed by atoms with E-state index in [1.54, 1.807) is 23.1 Å². The lowest BCUT2D eigenvalue weighted by atomic mass is 10.2. The first-order chi connectivity index (χ1) is 8.24. The second-order valence-electron chi connectivity index (χ2n) is 3.40. The predicted molar refractivity (Wildman–Crippen MR) is 66.2 cm³/mol. The van der Waals surface area contributed by atoms with Crippen molar-refractivity contribution in [3.63, 3.8) is 0 Å². The Balaban J connectivity index is 2.36. The molecular formula is C12H11N3OS. The van der Waals surface area contributed by atoms with Crippen LogP contribution in [0.25, 0.3) is 0 Å². The van der Waals surface area contributed by atoms with Gasteiger partial charge in [-0.05, 0) is 18.4 Å². The van der Waals surface area contributed by atoms with Crippen LogP contribution in [0, 0.1) is 11.3 Å². The van der Waals surface area contributed by atoms with E-state index in [-0.39, 0.29) is 0 Å². The molecule has 0 N–H and O–H groups in total. The minimum absolute atomic E-state index is 0.559. The standard InChI is InChI=1S/C12H11N3OS/c1-15-8-9(7-14-15)16-11-4-3-5-12(17-2)10(11)6-13/h3-5,7-8H,1-2H3. The molecule has 0 spiro atoms. The van der Waals surface area contributed by atoms with Crippen LogP contribution in [0.1, 0.15) is 5.56 Å². The van der Waals surface area contributed by atoms with Gasteiger partial charge in [-0.3, -0.25) is 4.68 Å². The second kappa shape index (κ2) is 4.93. The van der Waals surface area contributed by atoms with Gasteiger partial charge < -0.3 is 4.74 Å². The lowest BCUT2D eigenvalue weighted by molar-refractivity contribution is 0.479. The summed E-state index contributed by atoms with van der Waals surface area (Å²) in [6.45, 7) is 0. The first kappa shape index (κ1) is 11.6. The van der Waals surface area contributed by atoms with Gasteiger partial charge in [0.15, 0.2) is 5.75 Å². The molecule has 2 rings (SSSR count). The Morgan fingerprint density at radius 2 is 2.29 bits per heavy atom. The van der Waals surface area contributed by atoms with Crippen LogP contribution in [0.2, 0.25) is 0 Å². The summed E-state index contributed by atoms with van der Waals surface area (Å²) < 4.78 is 7.30. The highest BCUT2D eigenvalue weighted by atomic mass is 32.2. The summed E-state index contributed by atoms with van der Waals surface area (Å²) in [7, 11) is 1.82. The van der Waals surface area contributed by atoms with Crippen LogP contribution in [0.15, 0.2) is 35.5 Å². The molecule has 1 aromatic carbocycles. The van der Waals surface area contributed by atoms with E-state index in [2.05, 4.69) is 11.2 Å². The second-order valence-corrected chi connectivity index (χ2v) is 4.25. The minimum Gasteiger partial charge on any atom is -0.453 e. The maximum atomic E-state index is 9.15. The monoisotopic (exact) mass is 245 g/mol. The number of hydrogen-bond donors (Lipinski definition) is 0. The number of hydrogen-bond acceptors (Lipinski definition) is 4. The summed E-state index contributed by atoms with van der Waals surface area (Å²) in [5.74, 6) is 1.19. The quantitative estimate of drug-likeness (QED) is 0.780. The zero-order valence-electron chi connectivity index (χ0n) is 9.54. The van der Waals surface area contributed by atoms with Crippen LogP contribution in [-0.2, 0) is 7.05 Å². The summed E-state index contributed by atoms with van der Waals surface area (Å²) in [5.41, 5.74) is 0.559. The van der Waals surface area contributed by atoms with E-state index in [0.29, 0.717) is 17.1 Å². The average molecular weight is 245 g/mol. The van der Waals surface area contributed by atoms with Crippen molar-refractivity contribution >= 4 is 11.8 Å². The molecule has 0 aliphatic heterocycles. The highest BCUT2D eigenvalue weighted by molar-refractivity contribution is 7.98. The number of nitriles is 1. The maximum Gasteiger partial charge on any atom is 0.165 e. The van der Waals surface area contributed by atoms with Crippen LogP contribution in [0.5, 0.6) is 11.5 Å². The van der Waals surface area contributed by atoms with E-state index >= 15 is 0 Å². The Bertz CT molecular complexity index is 571. The van der Waals surface area contributed by atoms with E-state index in [1.165, 1.54) is 11.8 Å². The van der Waals surface area contributed by atoms with Crippen molar-refractivity contribution in [3.05, 3.63) is 36.2 Å². The molecule has 0 saturated carbocycles. The number of nitrogens with zero attached hydrogens (tertiary/aromatic N) is 3. The van der Waals surface area contributed by atoms with Crippen molar-refractivity contribution in [2.75, 3.05) is 6.26 Å². The van der Waals surface area contributed by atoms with Crippen molar-refractivity contribution in [2.24, 2.45) is 7.05 Å². The molecule has 86 valence electrons. The van der Waals surface area contributed by atoms with Gasteiger partial charge in [0.25, 0.3) is 0 Å². The van der Waals surface area contributed by atoms with E-state index in [9.17, 15) is 0 Å². The van der Waals surface area contributed by atoms with Gasteiger partial charge in [0, 0.05) is 11.9 Å². The Kier molecular flexibility index (Phi) is 3.35. The molecular weight excluding hydrogens is 234 g/mol. The Morgan fingerprint density at radius 3 is 2.88 bits per heavy atom. The van der Waals surface area contributed by atoms with Crippen molar-refractivity contribution in [1.82, 2.24) is 9.78 Å². The molecule has 2 aromatic rings. The fourth-order valence-electron chi connectivity index (χ4n) is 1.45. The molecule has 0 aliphatic rings. The third kappa shape index (κ3) is 2.43. The molecule has 17 heavy (non-hydrogen) atoms. The number of thioether (sulfide) groups is 1. The third-order valence-corrected chi connectivity index (χ3v) is 3.01. The van der Waals surface area contributed by atoms with Crippen molar-refractivity contribution < 1.29 is 4.74 Å². The highest BCUT2D eigenvalue weighted by Crippen LogP contribution is 2.31. The van der Waals surface area contributed by atoms with Crippen LogP contribution >= 0.6 is 11.8 Å². The Hall–Kier alpha value is -1.93. The maximum absolute atomic E-state index is 9.15. The molecule has 4 nitrogen and oxygen atoms in total. The number of aromatic nitrogens is 2. The zero-order valence-corrected chi connectivity index (χ0v) is 10.4. The van der Waals surface area contributed by atoms with Gasteiger partial charge in [-0.15, -0.1) is 11.8 Å². The molecule has 0 bridgehead atoms. The largest absolute Gasteiger partial charge is 0.453 e. The van der Waals surface area contributed by atoms with Gasteiger partial charge >= 0.3 is 0 Å². The molecule has 0 amide bonds. The summed E-state index contributed by atoms with van der Waals surface area (Å²) in [6, 6.07) is 7.73. The summed E-state index contributed by atoms with van der Waals surface area (Å²) in [5, 5.41) is 13.2. The van der Waals surface area contributed by atoms with Crippen molar-refractivity contribution in [2.45, 2.75) is 4.90 Å². The van der Waals surface area contributed by atoms with Crippen LogP contribution in [-0.4, -0.2) is 16.0 Å². The molecule has 1 aromatic heterocycles. The van der Waals surface area contributed by atoms with E-state index in [4.69, 9.17) is 10.00 Å². The van der Waals surface area contributed by atoms with E-state index < -0.39 is 0 Å². The smallest absolute Gasteiger partial charge is 0.165 e. The van der Waals surface area contributed by atoms with Gasteiger partial charge in [-0.25, -0.2) is 0 Å². The molecule has 0 atom stereocenters. The van der Waals surface area contributed by atoms with E-state index in [1.807, 2.05) is 25.4 Å². The Labute approximate surface area is 104 Å². The van der Waals surface area contributed by atoms with Crippen molar-refractivity contribution in [1.29, 1.82) is 5.26 Å². The lowest BCUT2D eigenvalue weighted by Gasteiger charge is -2.07. The van der Waals surface area contributed by atoms with E-state index in [0.717, 1.165) is 4.90 Å². The summed E-state index contributed by atoms with van der Waals surface area (Å²) in [6.07, 6.45) is 5.31. The van der Waals surface area contributed by atoms with Gasteiger partial charge in [0.2, 0.25) is 0 Å². The minimum atomic E-state index is 0.559. The SMILES string of the molecule is CSc1cccc(Oc2cnn(C)c2)c1C#N. The number of aryl methyl sites for hydroxylation is 1. The molecule has 0 unspecified atom stereocenters. The van der Waals surface area contributed by atoms with Gasteiger partial charge in [0.05, 0.1) is 12.4 Å². The zero-order chi connectivity index (χ0) is 12.3. The third-order valence-electron chi connectivity index (χ3n) is 2.23. The topological polar surface area (TPSA) is 50.8 Å². The fourth-order valence-corrected chi connectivity index (χ4v) is 2.02. The molecule has 0 saturated heterocycles. The first-order valence-corrected chi connectivity index (χ1v) is 6.20. The van der Waals surface area contributed by atoms with Gasteiger partial charge in [-0.1, -0.05) is 6.07 Å². The molecule has 1 heterocycles. The molecule has 0 fully saturated rings. The van der Waals surface area contributed by atoms with Crippen LogP contribution < -0.4 is 4.74 Å². The number of ether oxygens (including phenoxy) is 1. The molecule has 0 aliphatic carbocycles. The summed E-state index contributed by atoms with van der Waals surface area (Å²) >= 11 is 1.53. The highest BCUT2D eigenvalue weighted by Gasteiger charge is 2.09. The van der Waals surface area contributed by atoms with Gasteiger partial charge in [0.1, 0.15) is 17.4 Å². The predicted octanol–water partition coefficient (Wildman–Crippen LogP) is 2.81. The fraction of sp³-hybridized carbons (Fsp3) is 0.167. The lowest BCUT2D eigenvalue weighted by Crippen LogP contribution is -1.89. The number of rotatable bonds is 3. The Morgan fingerprint density at radius 1 is 1.47 bits per heavy atom. The van der Waals surface area contributed by atoms with Crippen LogP contribution in [0.3, 0.4) is 0 Å².